The zero-order chi connectivity index (χ0) is 27.7. The third-order valence-corrected chi connectivity index (χ3v) is 6.51. The van der Waals surface area contributed by atoms with Gasteiger partial charge in [-0.25, -0.2) is 9.37 Å². The molecule has 5 rings (SSSR count). The molecule has 1 aliphatic heterocycles. The van der Waals surface area contributed by atoms with Crippen LogP contribution in [0.15, 0.2) is 36.5 Å². The molecular weight excluding hydrogens is 505 g/mol. The molecule has 0 atom stereocenters. The molecule has 0 spiro atoms. The highest BCUT2D eigenvalue weighted by molar-refractivity contribution is 5.72. The molecule has 1 aliphatic rings. The van der Waals surface area contributed by atoms with E-state index in [-0.39, 0.29) is 5.92 Å². The molecule has 0 unspecified atom stereocenters. The van der Waals surface area contributed by atoms with Gasteiger partial charge in [-0.3, -0.25) is 0 Å². The minimum atomic E-state index is -0.435. The summed E-state index contributed by atoms with van der Waals surface area (Å²) in [5, 5.41) is 7.89. The molecular formula is C28H32FN5O5. The summed E-state index contributed by atoms with van der Waals surface area (Å²) in [5.74, 6) is 3.52. The topological polar surface area (TPSA) is 91.6 Å². The molecule has 4 aromatic rings. The summed E-state index contributed by atoms with van der Waals surface area (Å²) in [7, 11) is 6.71. The lowest BCUT2D eigenvalue weighted by Crippen LogP contribution is -2.21. The Balaban J connectivity index is 1.56. The molecule has 206 valence electrons. The number of benzene rings is 2. The number of aromatic nitrogens is 3. The lowest BCUT2D eigenvalue weighted by molar-refractivity contribution is 0.172. The van der Waals surface area contributed by atoms with Gasteiger partial charge in [-0.05, 0) is 23.6 Å². The van der Waals surface area contributed by atoms with Gasteiger partial charge in [-0.1, -0.05) is 13.8 Å². The van der Waals surface area contributed by atoms with E-state index in [1.54, 1.807) is 25.8 Å². The van der Waals surface area contributed by atoms with Crippen molar-refractivity contribution in [3.8, 4) is 28.7 Å². The number of nitrogens with zero attached hydrogens (tertiary/aromatic N) is 4. The Morgan fingerprint density at radius 1 is 1.03 bits per heavy atom. The molecule has 3 heterocycles. The lowest BCUT2D eigenvalue weighted by atomic mass is 10.1. The van der Waals surface area contributed by atoms with Gasteiger partial charge in [0.15, 0.2) is 28.6 Å². The Labute approximate surface area is 226 Å². The van der Waals surface area contributed by atoms with Crippen LogP contribution in [0, 0.1) is 5.82 Å². The van der Waals surface area contributed by atoms with Gasteiger partial charge in [-0.15, -0.1) is 0 Å². The van der Waals surface area contributed by atoms with Crippen LogP contribution in [0.4, 0.5) is 21.7 Å². The number of ether oxygens (including phenoxy) is 5. The number of fused-ring (bicyclic) bond motifs is 2. The van der Waals surface area contributed by atoms with Crippen LogP contribution in [-0.2, 0) is 6.54 Å². The van der Waals surface area contributed by atoms with Crippen molar-refractivity contribution in [2.45, 2.75) is 26.3 Å². The molecule has 10 nitrogen and oxygen atoms in total. The fourth-order valence-electron chi connectivity index (χ4n) is 4.64. The molecule has 0 fully saturated rings. The maximum absolute atomic E-state index is 14.4. The number of methoxy groups -OCH3 is 3. The summed E-state index contributed by atoms with van der Waals surface area (Å²) in [6, 6.07) is 8.38. The normalized spacial score (nSPS) is 12.5. The molecule has 2 aromatic heterocycles. The van der Waals surface area contributed by atoms with Crippen molar-refractivity contribution >= 4 is 23.0 Å². The summed E-state index contributed by atoms with van der Waals surface area (Å²) in [6.07, 6.45) is 1.83. The van der Waals surface area contributed by atoms with Crippen LogP contribution in [0.25, 0.3) is 5.65 Å². The predicted octanol–water partition coefficient (Wildman–Crippen LogP) is 5.17. The van der Waals surface area contributed by atoms with Crippen LogP contribution in [0.3, 0.4) is 0 Å². The summed E-state index contributed by atoms with van der Waals surface area (Å²) >= 11 is 0. The second-order valence-corrected chi connectivity index (χ2v) is 9.48. The fraction of sp³-hybridized carbons (Fsp3) is 0.357. The summed E-state index contributed by atoms with van der Waals surface area (Å²) < 4.78 is 44.1. The van der Waals surface area contributed by atoms with Gasteiger partial charge in [0.1, 0.15) is 30.7 Å². The van der Waals surface area contributed by atoms with E-state index in [9.17, 15) is 4.39 Å². The Morgan fingerprint density at radius 2 is 1.74 bits per heavy atom. The molecule has 0 saturated heterocycles. The smallest absolute Gasteiger partial charge is 0.203 e. The fourth-order valence-corrected chi connectivity index (χ4v) is 4.64. The van der Waals surface area contributed by atoms with E-state index in [0.29, 0.717) is 65.7 Å². The van der Waals surface area contributed by atoms with Crippen molar-refractivity contribution in [1.82, 2.24) is 14.6 Å². The summed E-state index contributed by atoms with van der Waals surface area (Å²) in [6.45, 7) is 5.42. The van der Waals surface area contributed by atoms with E-state index in [2.05, 4.69) is 24.3 Å². The lowest BCUT2D eigenvalue weighted by Gasteiger charge is -2.24. The van der Waals surface area contributed by atoms with Crippen LogP contribution in [0.2, 0.25) is 0 Å². The number of hydrogen-bond donors (Lipinski definition) is 1. The predicted molar refractivity (Wildman–Crippen MR) is 146 cm³/mol. The Hall–Kier alpha value is -4.41. The van der Waals surface area contributed by atoms with Crippen LogP contribution in [-0.4, -0.2) is 56.2 Å². The molecule has 0 saturated carbocycles. The molecule has 0 bridgehead atoms. The Morgan fingerprint density at radius 3 is 2.41 bits per heavy atom. The van der Waals surface area contributed by atoms with Crippen molar-refractivity contribution in [3.05, 3.63) is 53.5 Å². The Bertz CT molecular complexity index is 1480. The van der Waals surface area contributed by atoms with Gasteiger partial charge in [0.25, 0.3) is 0 Å². The molecule has 0 amide bonds. The molecule has 0 radical (unpaired) electrons. The van der Waals surface area contributed by atoms with Crippen LogP contribution >= 0.6 is 0 Å². The van der Waals surface area contributed by atoms with Crippen LogP contribution in [0.1, 0.15) is 30.9 Å². The maximum Gasteiger partial charge on any atom is 0.203 e. The molecule has 39 heavy (non-hydrogen) atoms. The number of anilines is 3. The molecule has 11 heteroatoms. The minimum Gasteiger partial charge on any atom is -0.493 e. The molecule has 1 N–H and O–H groups in total. The van der Waals surface area contributed by atoms with Gasteiger partial charge in [0, 0.05) is 37.4 Å². The first-order chi connectivity index (χ1) is 18.8. The first kappa shape index (κ1) is 26.2. The second-order valence-electron chi connectivity index (χ2n) is 9.48. The van der Waals surface area contributed by atoms with E-state index in [1.807, 2.05) is 36.3 Å². The van der Waals surface area contributed by atoms with Gasteiger partial charge in [-0.2, -0.15) is 9.61 Å². The number of hydrogen-bond acceptors (Lipinski definition) is 9. The Kier molecular flexibility index (Phi) is 7.23. The number of nitrogens with one attached hydrogen (secondary N) is 1. The van der Waals surface area contributed by atoms with Crippen molar-refractivity contribution < 1.29 is 28.1 Å². The van der Waals surface area contributed by atoms with Gasteiger partial charge in [0.05, 0.1) is 33.2 Å². The van der Waals surface area contributed by atoms with Crippen LogP contribution < -0.4 is 33.9 Å². The zero-order valence-electron chi connectivity index (χ0n) is 22.9. The standard InChI is InChI=1S/C28H32FN5O5/c1-16(2)19-14-30-34-25(33(3)15-17-9-21(35-4)27(37-6)22(10-17)36-5)13-24(32-28(19)34)31-20-11-18(29)12-23-26(20)39-8-7-38-23/h9-14,16H,7-8,15H2,1-6H3,(H,31,32). The first-order valence-corrected chi connectivity index (χ1v) is 12.6. The van der Waals surface area contributed by atoms with Crippen molar-refractivity contribution in [2.24, 2.45) is 0 Å². The summed E-state index contributed by atoms with van der Waals surface area (Å²) in [5.41, 5.74) is 3.06. The van der Waals surface area contributed by atoms with Gasteiger partial charge < -0.3 is 33.9 Å². The monoisotopic (exact) mass is 537 g/mol. The quantitative estimate of drug-likeness (QED) is 0.311. The number of halogens is 1. The SMILES string of the molecule is COc1cc(CN(C)c2cc(Nc3cc(F)cc4c3OCCO4)nc3c(C(C)C)cnn23)cc(OC)c1OC. The first-order valence-electron chi connectivity index (χ1n) is 12.6. The second kappa shape index (κ2) is 10.8. The average Bonchev–Trinajstić information content (AvgIpc) is 3.36. The van der Waals surface area contributed by atoms with E-state index in [1.165, 1.54) is 12.1 Å². The van der Waals surface area contributed by atoms with Crippen molar-refractivity contribution in [2.75, 3.05) is 51.8 Å². The summed E-state index contributed by atoms with van der Waals surface area (Å²) in [4.78, 5) is 6.89. The highest BCUT2D eigenvalue weighted by atomic mass is 19.1. The third kappa shape index (κ3) is 5.04. The average molecular weight is 538 g/mol. The largest absolute Gasteiger partial charge is 0.493 e. The van der Waals surface area contributed by atoms with E-state index >= 15 is 0 Å². The number of rotatable bonds is 9. The van der Waals surface area contributed by atoms with E-state index in [4.69, 9.17) is 28.7 Å². The van der Waals surface area contributed by atoms with Crippen molar-refractivity contribution in [3.63, 3.8) is 0 Å². The van der Waals surface area contributed by atoms with Crippen molar-refractivity contribution in [1.29, 1.82) is 0 Å². The highest BCUT2D eigenvalue weighted by Crippen LogP contribution is 2.41. The van der Waals surface area contributed by atoms with E-state index < -0.39 is 5.82 Å². The molecule has 2 aromatic carbocycles. The maximum atomic E-state index is 14.4. The van der Waals surface area contributed by atoms with Gasteiger partial charge in [0.2, 0.25) is 5.75 Å². The van der Waals surface area contributed by atoms with Gasteiger partial charge >= 0.3 is 0 Å². The highest BCUT2D eigenvalue weighted by Gasteiger charge is 2.22. The zero-order valence-corrected chi connectivity index (χ0v) is 22.9. The minimum absolute atomic E-state index is 0.192. The molecule has 0 aliphatic carbocycles. The van der Waals surface area contributed by atoms with Crippen LogP contribution in [0.5, 0.6) is 28.7 Å². The third-order valence-electron chi connectivity index (χ3n) is 6.51. The van der Waals surface area contributed by atoms with E-state index in [0.717, 1.165) is 16.9 Å².